The van der Waals surface area contributed by atoms with Crippen LogP contribution in [0.15, 0.2) is 0 Å². The molecule has 6 heteroatoms. The van der Waals surface area contributed by atoms with E-state index in [1.165, 1.54) is 6.92 Å². The summed E-state index contributed by atoms with van der Waals surface area (Å²) in [4.78, 5) is 0. The molecule has 1 rings (SSSR count). The maximum atomic E-state index is 9.37. The molecule has 2 unspecified atom stereocenters. The summed E-state index contributed by atoms with van der Waals surface area (Å²) in [5, 5.41) is 36.5. The van der Waals surface area contributed by atoms with E-state index in [2.05, 4.69) is 0 Å². The van der Waals surface area contributed by atoms with Crippen LogP contribution in [0.3, 0.4) is 0 Å². The summed E-state index contributed by atoms with van der Waals surface area (Å²) in [5.74, 6) is 0. The Labute approximate surface area is 75.6 Å². The first-order valence-corrected chi connectivity index (χ1v) is 4.02. The quantitative estimate of drug-likeness (QED) is 0.322. The second kappa shape index (κ2) is 3.49. The van der Waals surface area contributed by atoms with Gasteiger partial charge in [0, 0.05) is 0 Å². The van der Waals surface area contributed by atoms with Gasteiger partial charge in [-0.3, -0.25) is 0 Å². The van der Waals surface area contributed by atoms with Crippen molar-refractivity contribution in [3.8, 4) is 0 Å². The predicted octanol–water partition coefficient (Wildman–Crippen LogP) is -2.86. The highest BCUT2D eigenvalue weighted by Crippen LogP contribution is 2.28. The summed E-state index contributed by atoms with van der Waals surface area (Å²) in [6, 6.07) is 0. The van der Waals surface area contributed by atoms with Crippen LogP contribution in [0.2, 0.25) is 0 Å². The van der Waals surface area contributed by atoms with E-state index in [1.807, 2.05) is 0 Å². The van der Waals surface area contributed by atoms with Crippen LogP contribution in [-0.4, -0.2) is 57.2 Å². The van der Waals surface area contributed by atoms with Crippen molar-refractivity contribution in [2.24, 2.45) is 5.73 Å². The molecule has 0 aromatic rings. The monoisotopic (exact) mass is 193 g/mol. The Morgan fingerprint density at radius 3 is 2.38 bits per heavy atom. The van der Waals surface area contributed by atoms with Gasteiger partial charge in [0.05, 0.1) is 6.61 Å². The highest BCUT2D eigenvalue weighted by Gasteiger charge is 2.51. The molecule has 0 amide bonds. The lowest BCUT2D eigenvalue weighted by molar-refractivity contribution is -0.111. The Morgan fingerprint density at radius 1 is 1.54 bits per heavy atom. The van der Waals surface area contributed by atoms with Gasteiger partial charge in [-0.2, -0.15) is 0 Å². The van der Waals surface area contributed by atoms with Gasteiger partial charge in [0.2, 0.25) is 0 Å². The van der Waals surface area contributed by atoms with Gasteiger partial charge in [0.1, 0.15) is 30.1 Å². The number of hydrogen-bond donors (Lipinski definition) is 5. The van der Waals surface area contributed by atoms with Crippen molar-refractivity contribution in [1.82, 2.24) is 0 Å². The van der Waals surface area contributed by atoms with Crippen molar-refractivity contribution in [2.45, 2.75) is 37.1 Å². The van der Waals surface area contributed by atoms with Gasteiger partial charge in [-0.1, -0.05) is 0 Å². The molecule has 6 N–H and O–H groups in total. The highest BCUT2D eigenvalue weighted by molar-refractivity contribution is 4.98. The van der Waals surface area contributed by atoms with Crippen LogP contribution in [0.5, 0.6) is 0 Å². The molecule has 13 heavy (non-hydrogen) atoms. The molecule has 1 heterocycles. The van der Waals surface area contributed by atoms with E-state index in [9.17, 15) is 15.3 Å². The summed E-state index contributed by atoms with van der Waals surface area (Å²) in [6.45, 7) is 0.843. The third-order valence-corrected chi connectivity index (χ3v) is 2.20. The topological polar surface area (TPSA) is 116 Å². The molecule has 6 nitrogen and oxygen atoms in total. The summed E-state index contributed by atoms with van der Waals surface area (Å²) in [5.41, 5.74) is 4.08. The van der Waals surface area contributed by atoms with Crippen molar-refractivity contribution in [1.29, 1.82) is 0 Å². The van der Waals surface area contributed by atoms with Gasteiger partial charge >= 0.3 is 0 Å². The minimum absolute atomic E-state index is 0.551. The fourth-order valence-electron chi connectivity index (χ4n) is 1.36. The average Bonchev–Trinajstić information content (AvgIpc) is 2.28. The Morgan fingerprint density at radius 2 is 2.08 bits per heavy atom. The highest BCUT2D eigenvalue weighted by atomic mass is 16.6. The van der Waals surface area contributed by atoms with Gasteiger partial charge in [-0.15, -0.1) is 0 Å². The number of rotatable bonds is 2. The lowest BCUT2D eigenvalue weighted by atomic mass is 10.0. The summed E-state index contributed by atoms with van der Waals surface area (Å²) in [7, 11) is 0. The van der Waals surface area contributed by atoms with E-state index < -0.39 is 36.7 Å². The maximum absolute atomic E-state index is 9.37. The molecule has 0 radical (unpaired) electrons. The SMILES string of the molecule is C[C@]1(N)O[C@@H]([C@H](O)CO)C(O)C1O. The van der Waals surface area contributed by atoms with Gasteiger partial charge < -0.3 is 30.9 Å². The fraction of sp³-hybridized carbons (Fsp3) is 1.00. The summed E-state index contributed by atoms with van der Waals surface area (Å²) < 4.78 is 4.99. The molecular weight excluding hydrogens is 178 g/mol. The molecule has 0 aromatic heterocycles. The molecule has 0 aliphatic carbocycles. The Kier molecular flexibility index (Phi) is 2.91. The predicted molar refractivity (Wildman–Crippen MR) is 42.6 cm³/mol. The lowest BCUT2D eigenvalue weighted by Crippen LogP contribution is -2.48. The lowest BCUT2D eigenvalue weighted by Gasteiger charge is -2.22. The van der Waals surface area contributed by atoms with Gasteiger partial charge in [0.15, 0.2) is 0 Å². The number of nitrogens with two attached hydrogens (primary N) is 1. The largest absolute Gasteiger partial charge is 0.394 e. The van der Waals surface area contributed by atoms with Crippen molar-refractivity contribution < 1.29 is 25.2 Å². The molecule has 1 saturated heterocycles. The van der Waals surface area contributed by atoms with Crippen LogP contribution in [0.1, 0.15) is 6.92 Å². The van der Waals surface area contributed by atoms with Crippen LogP contribution in [0.25, 0.3) is 0 Å². The Balaban J connectivity index is 2.72. The van der Waals surface area contributed by atoms with Gasteiger partial charge in [0.25, 0.3) is 0 Å². The maximum Gasteiger partial charge on any atom is 0.143 e. The van der Waals surface area contributed by atoms with Crippen LogP contribution in [-0.2, 0) is 4.74 Å². The zero-order chi connectivity index (χ0) is 10.2. The normalized spacial score (nSPS) is 48.0. The minimum atomic E-state index is -1.39. The standard InChI is InChI=1S/C7H15NO5/c1-7(8)6(12)4(11)5(13-7)3(10)2-9/h3-6,9-12H,2,8H2,1H3/t3-,4?,5+,6?,7+/m1/s1. The third-order valence-electron chi connectivity index (χ3n) is 2.20. The third kappa shape index (κ3) is 1.83. The molecule has 78 valence electrons. The Bertz CT molecular complexity index is 186. The number of hydrogen-bond acceptors (Lipinski definition) is 6. The molecule has 0 saturated carbocycles. The van der Waals surface area contributed by atoms with E-state index >= 15 is 0 Å². The zero-order valence-electron chi connectivity index (χ0n) is 7.29. The van der Waals surface area contributed by atoms with Gasteiger partial charge in [-0.05, 0) is 6.92 Å². The molecule has 0 aromatic carbocycles. The van der Waals surface area contributed by atoms with Crippen LogP contribution < -0.4 is 5.73 Å². The molecular formula is C7H15NO5. The Hall–Kier alpha value is -0.240. The first kappa shape index (κ1) is 10.8. The van der Waals surface area contributed by atoms with E-state index in [0.29, 0.717) is 0 Å². The number of ether oxygens (including phenoxy) is 1. The van der Waals surface area contributed by atoms with E-state index in [1.54, 1.807) is 0 Å². The molecule has 1 aliphatic rings. The molecule has 1 aliphatic heterocycles. The summed E-state index contributed by atoms with van der Waals surface area (Å²) >= 11 is 0. The first-order valence-electron chi connectivity index (χ1n) is 4.02. The average molecular weight is 193 g/mol. The van der Waals surface area contributed by atoms with Gasteiger partial charge in [-0.25, -0.2) is 0 Å². The zero-order valence-corrected chi connectivity index (χ0v) is 7.29. The number of aliphatic hydroxyl groups is 4. The molecule has 5 atom stereocenters. The van der Waals surface area contributed by atoms with Crippen LogP contribution >= 0.6 is 0 Å². The van der Waals surface area contributed by atoms with Crippen LogP contribution in [0.4, 0.5) is 0 Å². The van der Waals surface area contributed by atoms with Crippen LogP contribution in [0, 0.1) is 0 Å². The summed E-state index contributed by atoms with van der Waals surface area (Å²) in [6.07, 6.45) is -4.83. The van der Waals surface area contributed by atoms with Crippen molar-refractivity contribution >= 4 is 0 Å². The minimum Gasteiger partial charge on any atom is -0.394 e. The molecule has 0 bridgehead atoms. The second-order valence-electron chi connectivity index (χ2n) is 3.45. The van der Waals surface area contributed by atoms with E-state index in [-0.39, 0.29) is 0 Å². The molecule has 1 fully saturated rings. The molecule has 0 spiro atoms. The fourth-order valence-corrected chi connectivity index (χ4v) is 1.36. The van der Waals surface area contributed by atoms with E-state index in [0.717, 1.165) is 0 Å². The van der Waals surface area contributed by atoms with Crippen molar-refractivity contribution in [2.75, 3.05) is 6.61 Å². The number of aliphatic hydroxyl groups excluding tert-OH is 4. The smallest absolute Gasteiger partial charge is 0.143 e. The second-order valence-corrected chi connectivity index (χ2v) is 3.45. The first-order chi connectivity index (χ1) is 5.90. The van der Waals surface area contributed by atoms with Crippen molar-refractivity contribution in [3.05, 3.63) is 0 Å². The van der Waals surface area contributed by atoms with E-state index in [4.69, 9.17) is 15.6 Å². The van der Waals surface area contributed by atoms with Crippen molar-refractivity contribution in [3.63, 3.8) is 0 Å².